The Morgan fingerprint density at radius 1 is 1.04 bits per heavy atom. The molecule has 0 aromatic heterocycles. The van der Waals surface area contributed by atoms with E-state index >= 15 is 0 Å². The van der Waals surface area contributed by atoms with Crippen LogP contribution in [-0.4, -0.2) is 37.7 Å². The third-order valence-corrected chi connectivity index (χ3v) is 5.66. The van der Waals surface area contributed by atoms with E-state index in [4.69, 9.17) is 0 Å². The number of likely N-dealkylation sites (N-methyl/N-ethyl adjacent to an activating group) is 1. The lowest BCUT2D eigenvalue weighted by Gasteiger charge is -2.33. The van der Waals surface area contributed by atoms with E-state index in [2.05, 4.69) is 17.6 Å². The first-order valence-electron chi connectivity index (χ1n) is 9.70. The summed E-state index contributed by atoms with van der Waals surface area (Å²) in [5.41, 5.74) is 0. The van der Waals surface area contributed by atoms with Crippen LogP contribution in [0.1, 0.15) is 72.1 Å². The van der Waals surface area contributed by atoms with Gasteiger partial charge in [0.05, 0.1) is 6.04 Å². The van der Waals surface area contributed by atoms with Crippen molar-refractivity contribution >= 4 is 11.6 Å². The lowest BCUT2D eigenvalue weighted by molar-refractivity contribution is -0.119. The van der Waals surface area contributed by atoms with Crippen molar-refractivity contribution < 1.29 is 9.59 Å². The quantitative estimate of drug-likeness (QED) is 0.606. The highest BCUT2D eigenvalue weighted by molar-refractivity contribution is 5.81. The second-order valence-corrected chi connectivity index (χ2v) is 8.05. The SMILES string of the molecule is CNC(CC(C)=O)CC(C)CC1CCCC(C[C@H](NC)C(C)=O)C1. The molecule has 140 valence electrons. The standard InChI is InChI=1S/C20H38N2O2/c1-14(10-19(21-4)11-15(2)23)9-17-7-6-8-18(12-17)13-20(22-5)16(3)24/h14,17-22H,6-13H2,1-5H3/t14?,17?,18?,19?,20-/m0/s1. The summed E-state index contributed by atoms with van der Waals surface area (Å²) in [5, 5.41) is 6.46. The Bertz CT molecular complexity index is 397. The van der Waals surface area contributed by atoms with Crippen LogP contribution in [0.25, 0.3) is 0 Å². The van der Waals surface area contributed by atoms with Crippen LogP contribution in [0.4, 0.5) is 0 Å². The molecule has 0 radical (unpaired) electrons. The van der Waals surface area contributed by atoms with Gasteiger partial charge < -0.3 is 10.6 Å². The molecule has 1 aliphatic rings. The van der Waals surface area contributed by atoms with Gasteiger partial charge >= 0.3 is 0 Å². The number of carbonyl (C=O) groups is 2. The van der Waals surface area contributed by atoms with E-state index in [0.717, 1.165) is 18.8 Å². The third kappa shape index (κ3) is 7.89. The molecular weight excluding hydrogens is 300 g/mol. The van der Waals surface area contributed by atoms with Crippen molar-refractivity contribution in [3.63, 3.8) is 0 Å². The molecule has 0 saturated heterocycles. The van der Waals surface area contributed by atoms with Gasteiger partial charge in [-0.1, -0.05) is 26.2 Å². The summed E-state index contributed by atoms with van der Waals surface area (Å²) in [6.07, 6.45) is 9.07. The van der Waals surface area contributed by atoms with E-state index < -0.39 is 0 Å². The van der Waals surface area contributed by atoms with E-state index in [1.54, 1.807) is 13.8 Å². The lowest BCUT2D eigenvalue weighted by Crippen LogP contribution is -2.35. The average Bonchev–Trinajstić information content (AvgIpc) is 2.51. The lowest BCUT2D eigenvalue weighted by atomic mass is 9.74. The van der Waals surface area contributed by atoms with Gasteiger partial charge in [0, 0.05) is 12.5 Å². The molecule has 5 atom stereocenters. The highest BCUT2D eigenvalue weighted by atomic mass is 16.1. The Morgan fingerprint density at radius 3 is 2.17 bits per heavy atom. The first-order valence-corrected chi connectivity index (χ1v) is 9.70. The van der Waals surface area contributed by atoms with Crippen molar-refractivity contribution in [1.82, 2.24) is 10.6 Å². The number of Topliss-reactive ketones (excluding diaryl/α,β-unsaturated/α-hetero) is 2. The van der Waals surface area contributed by atoms with Gasteiger partial charge in [0.25, 0.3) is 0 Å². The summed E-state index contributed by atoms with van der Waals surface area (Å²) < 4.78 is 0. The van der Waals surface area contributed by atoms with E-state index in [-0.39, 0.29) is 17.6 Å². The maximum Gasteiger partial charge on any atom is 0.146 e. The van der Waals surface area contributed by atoms with Gasteiger partial charge in [-0.05, 0) is 71.4 Å². The number of ketones is 2. The van der Waals surface area contributed by atoms with Crippen LogP contribution in [-0.2, 0) is 9.59 Å². The highest BCUT2D eigenvalue weighted by Gasteiger charge is 2.27. The van der Waals surface area contributed by atoms with Crippen molar-refractivity contribution in [2.24, 2.45) is 17.8 Å². The molecule has 0 aliphatic heterocycles. The van der Waals surface area contributed by atoms with Gasteiger partial charge in [0.1, 0.15) is 11.6 Å². The molecule has 1 rings (SSSR count). The molecule has 0 heterocycles. The molecule has 4 heteroatoms. The fourth-order valence-electron chi connectivity index (χ4n) is 4.45. The largest absolute Gasteiger partial charge is 0.317 e. The van der Waals surface area contributed by atoms with Crippen LogP contribution in [0.3, 0.4) is 0 Å². The van der Waals surface area contributed by atoms with Crippen LogP contribution in [0.15, 0.2) is 0 Å². The predicted octanol–water partition coefficient (Wildman–Crippen LogP) is 3.34. The first kappa shape index (κ1) is 21.3. The predicted molar refractivity (Wildman–Crippen MR) is 100 cm³/mol. The maximum atomic E-state index is 11.7. The Morgan fingerprint density at radius 2 is 1.67 bits per heavy atom. The minimum atomic E-state index is 0.0235. The van der Waals surface area contributed by atoms with Crippen molar-refractivity contribution in [3.8, 4) is 0 Å². The van der Waals surface area contributed by atoms with Crippen LogP contribution >= 0.6 is 0 Å². The number of hydrogen-bond acceptors (Lipinski definition) is 4. The molecule has 2 N–H and O–H groups in total. The molecule has 1 fully saturated rings. The molecule has 1 saturated carbocycles. The topological polar surface area (TPSA) is 58.2 Å². The third-order valence-electron chi connectivity index (χ3n) is 5.66. The Labute approximate surface area is 148 Å². The van der Waals surface area contributed by atoms with E-state index in [1.165, 1.54) is 32.1 Å². The van der Waals surface area contributed by atoms with Crippen LogP contribution < -0.4 is 10.6 Å². The molecule has 4 unspecified atom stereocenters. The van der Waals surface area contributed by atoms with Gasteiger partial charge in [0.15, 0.2) is 0 Å². The smallest absolute Gasteiger partial charge is 0.146 e. The van der Waals surface area contributed by atoms with E-state index in [1.807, 2.05) is 14.1 Å². The number of nitrogens with one attached hydrogen (secondary N) is 2. The van der Waals surface area contributed by atoms with E-state index in [0.29, 0.717) is 24.3 Å². The van der Waals surface area contributed by atoms with Crippen molar-refractivity contribution in [2.75, 3.05) is 14.1 Å². The van der Waals surface area contributed by atoms with Crippen molar-refractivity contribution in [1.29, 1.82) is 0 Å². The van der Waals surface area contributed by atoms with E-state index in [9.17, 15) is 9.59 Å². The Balaban J connectivity index is 2.43. The monoisotopic (exact) mass is 338 g/mol. The molecule has 0 bridgehead atoms. The zero-order valence-corrected chi connectivity index (χ0v) is 16.4. The van der Waals surface area contributed by atoms with Crippen LogP contribution in [0.2, 0.25) is 0 Å². The van der Waals surface area contributed by atoms with Crippen LogP contribution in [0, 0.1) is 17.8 Å². The zero-order valence-electron chi connectivity index (χ0n) is 16.4. The molecular formula is C20H38N2O2. The molecule has 0 aromatic carbocycles. The summed E-state index contributed by atoms with van der Waals surface area (Å²) in [6.45, 7) is 5.68. The van der Waals surface area contributed by atoms with Gasteiger partial charge in [-0.15, -0.1) is 0 Å². The minimum absolute atomic E-state index is 0.0235. The maximum absolute atomic E-state index is 11.7. The summed E-state index contributed by atoms with van der Waals surface area (Å²) in [5.74, 6) is 2.61. The Kier molecular flexibility index (Phi) is 9.75. The summed E-state index contributed by atoms with van der Waals surface area (Å²) in [4.78, 5) is 23.0. The summed E-state index contributed by atoms with van der Waals surface area (Å²) in [6, 6.07) is 0.332. The van der Waals surface area contributed by atoms with Gasteiger partial charge in [-0.25, -0.2) is 0 Å². The second-order valence-electron chi connectivity index (χ2n) is 8.05. The summed E-state index contributed by atoms with van der Waals surface area (Å²) in [7, 11) is 3.85. The van der Waals surface area contributed by atoms with Crippen molar-refractivity contribution in [2.45, 2.75) is 84.2 Å². The number of rotatable bonds is 11. The zero-order chi connectivity index (χ0) is 18.1. The fraction of sp³-hybridized carbons (Fsp3) is 0.900. The first-order chi connectivity index (χ1) is 11.3. The van der Waals surface area contributed by atoms with Crippen LogP contribution in [0.5, 0.6) is 0 Å². The molecule has 24 heavy (non-hydrogen) atoms. The Hall–Kier alpha value is -0.740. The molecule has 1 aliphatic carbocycles. The number of hydrogen-bond donors (Lipinski definition) is 2. The second kappa shape index (κ2) is 11.0. The average molecular weight is 339 g/mol. The molecule has 4 nitrogen and oxygen atoms in total. The normalized spacial score (nSPS) is 25.0. The number of carbonyl (C=O) groups excluding carboxylic acids is 2. The highest BCUT2D eigenvalue weighted by Crippen LogP contribution is 2.36. The molecule has 0 spiro atoms. The molecule has 0 aromatic rings. The minimum Gasteiger partial charge on any atom is -0.317 e. The van der Waals surface area contributed by atoms with Crippen molar-refractivity contribution in [3.05, 3.63) is 0 Å². The van der Waals surface area contributed by atoms with Gasteiger partial charge in [-0.2, -0.15) is 0 Å². The molecule has 0 amide bonds. The fourth-order valence-corrected chi connectivity index (χ4v) is 4.45. The van der Waals surface area contributed by atoms with Gasteiger partial charge in [-0.3, -0.25) is 9.59 Å². The van der Waals surface area contributed by atoms with Gasteiger partial charge in [0.2, 0.25) is 0 Å². The summed E-state index contributed by atoms with van der Waals surface area (Å²) >= 11 is 0.